The van der Waals surface area contributed by atoms with Crippen LogP contribution >= 0.6 is 0 Å². The highest BCUT2D eigenvalue weighted by Crippen LogP contribution is 2.28. The van der Waals surface area contributed by atoms with Gasteiger partial charge < -0.3 is 29.7 Å². The molecule has 1 aromatic rings. The Hall–Kier alpha value is -1.34. The van der Waals surface area contributed by atoms with Crippen molar-refractivity contribution in [3.63, 3.8) is 0 Å². The summed E-state index contributed by atoms with van der Waals surface area (Å²) in [5.41, 5.74) is 0.677. The van der Waals surface area contributed by atoms with Crippen LogP contribution in [0.4, 0.5) is 0 Å². The molecule has 0 spiro atoms. The summed E-state index contributed by atoms with van der Waals surface area (Å²) >= 11 is 0. The van der Waals surface area contributed by atoms with Gasteiger partial charge in [-0.2, -0.15) is 0 Å². The highest BCUT2D eigenvalue weighted by Gasteiger charge is 2.14. The van der Waals surface area contributed by atoms with Crippen molar-refractivity contribution in [2.24, 2.45) is 0 Å². The van der Waals surface area contributed by atoms with Gasteiger partial charge >= 0.3 is 0 Å². The molecular formula is C14H23NO5. The number of aliphatic hydroxyl groups excluding tert-OH is 2. The van der Waals surface area contributed by atoms with Crippen LogP contribution in [0.5, 0.6) is 11.5 Å². The molecule has 6 heteroatoms. The Morgan fingerprint density at radius 2 is 2.00 bits per heavy atom. The maximum absolute atomic E-state index is 10.2. The van der Waals surface area contributed by atoms with E-state index in [1.54, 1.807) is 32.4 Å². The van der Waals surface area contributed by atoms with Gasteiger partial charge in [0.2, 0.25) is 0 Å². The zero-order chi connectivity index (χ0) is 14.8. The van der Waals surface area contributed by atoms with Gasteiger partial charge in [-0.15, -0.1) is 0 Å². The largest absolute Gasteiger partial charge is 0.497 e. The Balaban J connectivity index is 2.47. The third-order valence-electron chi connectivity index (χ3n) is 2.79. The molecule has 20 heavy (non-hydrogen) atoms. The Bertz CT molecular complexity index is 386. The second kappa shape index (κ2) is 9.55. The van der Waals surface area contributed by atoms with Gasteiger partial charge in [0.1, 0.15) is 11.5 Å². The second-order valence-electron chi connectivity index (χ2n) is 4.16. The van der Waals surface area contributed by atoms with Gasteiger partial charge in [-0.3, -0.25) is 0 Å². The SMILES string of the molecule is COc1ccc(OC)c(C(O)CNCCOCCO)c1. The lowest BCUT2D eigenvalue weighted by Gasteiger charge is -2.16. The molecule has 0 bridgehead atoms. The van der Waals surface area contributed by atoms with Crippen LogP contribution in [-0.2, 0) is 4.74 Å². The van der Waals surface area contributed by atoms with Gasteiger partial charge in [0.05, 0.1) is 40.1 Å². The minimum atomic E-state index is -0.696. The molecule has 0 heterocycles. The fourth-order valence-electron chi connectivity index (χ4n) is 1.76. The second-order valence-corrected chi connectivity index (χ2v) is 4.16. The maximum atomic E-state index is 10.2. The molecule has 114 valence electrons. The van der Waals surface area contributed by atoms with Crippen molar-refractivity contribution in [3.05, 3.63) is 23.8 Å². The number of aliphatic hydroxyl groups is 2. The highest BCUT2D eigenvalue weighted by atomic mass is 16.5. The van der Waals surface area contributed by atoms with Crippen molar-refractivity contribution in [1.29, 1.82) is 0 Å². The van der Waals surface area contributed by atoms with Crippen LogP contribution in [-0.4, -0.2) is 57.3 Å². The Morgan fingerprint density at radius 3 is 2.65 bits per heavy atom. The van der Waals surface area contributed by atoms with E-state index in [-0.39, 0.29) is 6.61 Å². The minimum Gasteiger partial charge on any atom is -0.497 e. The topological polar surface area (TPSA) is 80.2 Å². The van der Waals surface area contributed by atoms with Crippen LogP contribution in [0.15, 0.2) is 18.2 Å². The summed E-state index contributed by atoms with van der Waals surface area (Å²) < 4.78 is 15.5. The fourth-order valence-corrected chi connectivity index (χ4v) is 1.76. The molecular weight excluding hydrogens is 262 g/mol. The molecule has 1 aromatic carbocycles. The van der Waals surface area contributed by atoms with E-state index < -0.39 is 6.10 Å². The Morgan fingerprint density at radius 1 is 1.20 bits per heavy atom. The molecule has 3 N–H and O–H groups in total. The molecule has 0 saturated carbocycles. The average molecular weight is 285 g/mol. The van der Waals surface area contributed by atoms with Crippen molar-refractivity contribution >= 4 is 0 Å². The lowest BCUT2D eigenvalue weighted by atomic mass is 10.1. The molecule has 0 aromatic heterocycles. The molecule has 6 nitrogen and oxygen atoms in total. The van der Waals surface area contributed by atoms with E-state index in [1.165, 1.54) is 0 Å². The van der Waals surface area contributed by atoms with Gasteiger partial charge in [0, 0.05) is 18.7 Å². The van der Waals surface area contributed by atoms with Crippen molar-refractivity contribution in [2.75, 3.05) is 47.1 Å². The van der Waals surface area contributed by atoms with E-state index in [0.717, 1.165) is 0 Å². The normalized spacial score (nSPS) is 12.2. The first-order valence-corrected chi connectivity index (χ1v) is 6.52. The monoisotopic (exact) mass is 285 g/mol. The van der Waals surface area contributed by atoms with Crippen LogP contribution < -0.4 is 14.8 Å². The molecule has 0 aliphatic heterocycles. The summed E-state index contributed by atoms with van der Waals surface area (Å²) in [5.74, 6) is 1.29. The zero-order valence-electron chi connectivity index (χ0n) is 12.0. The molecule has 0 aliphatic rings. The number of ether oxygens (including phenoxy) is 3. The van der Waals surface area contributed by atoms with Crippen LogP contribution in [0.25, 0.3) is 0 Å². The van der Waals surface area contributed by atoms with Gasteiger partial charge in [-0.05, 0) is 18.2 Å². The summed E-state index contributed by atoms with van der Waals surface area (Å²) in [5, 5.41) is 21.8. The summed E-state index contributed by atoms with van der Waals surface area (Å²) in [6.45, 7) is 1.81. The molecule has 0 amide bonds. The van der Waals surface area contributed by atoms with E-state index in [0.29, 0.717) is 43.4 Å². The summed E-state index contributed by atoms with van der Waals surface area (Å²) in [6, 6.07) is 5.31. The zero-order valence-corrected chi connectivity index (χ0v) is 12.0. The third-order valence-corrected chi connectivity index (χ3v) is 2.79. The van der Waals surface area contributed by atoms with E-state index in [9.17, 15) is 5.11 Å². The molecule has 0 saturated heterocycles. The smallest absolute Gasteiger partial charge is 0.124 e. The van der Waals surface area contributed by atoms with Gasteiger partial charge in [0.15, 0.2) is 0 Å². The predicted molar refractivity (Wildman–Crippen MR) is 75.3 cm³/mol. The minimum absolute atomic E-state index is 0.0175. The first kappa shape index (κ1) is 16.7. The molecule has 0 radical (unpaired) electrons. The number of methoxy groups -OCH3 is 2. The van der Waals surface area contributed by atoms with E-state index in [2.05, 4.69) is 5.32 Å². The number of benzene rings is 1. The maximum Gasteiger partial charge on any atom is 0.124 e. The Kier molecular flexibility index (Phi) is 7.98. The first-order valence-electron chi connectivity index (χ1n) is 6.52. The van der Waals surface area contributed by atoms with Crippen molar-refractivity contribution in [2.45, 2.75) is 6.10 Å². The quantitative estimate of drug-likeness (QED) is 0.538. The van der Waals surface area contributed by atoms with E-state index in [4.69, 9.17) is 19.3 Å². The highest BCUT2D eigenvalue weighted by molar-refractivity contribution is 5.41. The number of nitrogens with one attached hydrogen (secondary N) is 1. The van der Waals surface area contributed by atoms with Crippen molar-refractivity contribution in [1.82, 2.24) is 5.32 Å². The molecule has 1 atom stereocenters. The summed E-state index contributed by atoms with van der Waals surface area (Å²) in [6.07, 6.45) is -0.696. The van der Waals surface area contributed by atoms with Crippen LogP contribution in [0, 0.1) is 0 Å². The molecule has 0 aliphatic carbocycles. The molecule has 1 rings (SSSR count). The summed E-state index contributed by atoms with van der Waals surface area (Å²) in [4.78, 5) is 0. The van der Waals surface area contributed by atoms with Crippen LogP contribution in [0.2, 0.25) is 0 Å². The Labute approximate surface area is 119 Å². The number of hydrogen-bond acceptors (Lipinski definition) is 6. The van der Waals surface area contributed by atoms with Gasteiger partial charge in [-0.25, -0.2) is 0 Å². The van der Waals surface area contributed by atoms with Crippen molar-refractivity contribution in [3.8, 4) is 11.5 Å². The molecule has 0 fully saturated rings. The third kappa shape index (κ3) is 5.34. The van der Waals surface area contributed by atoms with Crippen molar-refractivity contribution < 1.29 is 24.4 Å². The average Bonchev–Trinajstić information content (AvgIpc) is 2.49. The first-order chi connectivity index (χ1) is 9.72. The standard InChI is InChI=1S/C14H23NO5/c1-18-11-3-4-14(19-2)12(9-11)13(17)10-15-5-7-20-8-6-16/h3-4,9,13,15-17H,5-8,10H2,1-2H3. The molecule has 1 unspecified atom stereocenters. The van der Waals surface area contributed by atoms with Crippen LogP contribution in [0.1, 0.15) is 11.7 Å². The fraction of sp³-hybridized carbons (Fsp3) is 0.571. The lowest BCUT2D eigenvalue weighted by molar-refractivity contribution is 0.0909. The van der Waals surface area contributed by atoms with Gasteiger partial charge in [0.25, 0.3) is 0 Å². The predicted octanol–water partition coefficient (Wildman–Crippen LogP) is 0.336. The van der Waals surface area contributed by atoms with E-state index in [1.807, 2.05) is 0 Å². The summed E-state index contributed by atoms with van der Waals surface area (Å²) in [7, 11) is 3.14. The number of rotatable bonds is 10. The lowest BCUT2D eigenvalue weighted by Crippen LogP contribution is -2.26. The van der Waals surface area contributed by atoms with E-state index >= 15 is 0 Å². The number of hydrogen-bond donors (Lipinski definition) is 3. The van der Waals surface area contributed by atoms with Gasteiger partial charge in [-0.1, -0.05) is 0 Å². The van der Waals surface area contributed by atoms with Crippen LogP contribution in [0.3, 0.4) is 0 Å².